The van der Waals surface area contributed by atoms with E-state index >= 15 is 0 Å². The maximum absolute atomic E-state index is 12.0. The molecule has 24 heavy (non-hydrogen) atoms. The van der Waals surface area contributed by atoms with E-state index in [0.29, 0.717) is 6.42 Å². The second-order valence-electron chi connectivity index (χ2n) is 6.16. The molecular weight excluding hydrogens is 302 g/mol. The predicted octanol–water partition coefficient (Wildman–Crippen LogP) is 3.17. The lowest BCUT2D eigenvalue weighted by molar-refractivity contribution is -0.120. The molecule has 0 aliphatic carbocycles. The van der Waals surface area contributed by atoms with Crippen molar-refractivity contribution in [1.29, 1.82) is 0 Å². The Bertz CT molecular complexity index is 665. The van der Waals surface area contributed by atoms with Crippen LogP contribution in [0.3, 0.4) is 0 Å². The van der Waals surface area contributed by atoms with Gasteiger partial charge in [0.2, 0.25) is 5.91 Å². The lowest BCUT2D eigenvalue weighted by Crippen LogP contribution is -2.29. The van der Waals surface area contributed by atoms with Crippen molar-refractivity contribution < 1.29 is 14.6 Å². The molecule has 4 heteroatoms. The van der Waals surface area contributed by atoms with E-state index in [-0.39, 0.29) is 18.6 Å². The van der Waals surface area contributed by atoms with Gasteiger partial charge in [-0.15, -0.1) is 0 Å². The fourth-order valence-electron chi connectivity index (χ4n) is 2.41. The zero-order chi connectivity index (χ0) is 17.5. The Morgan fingerprint density at radius 1 is 1.12 bits per heavy atom. The predicted molar refractivity (Wildman–Crippen MR) is 95.1 cm³/mol. The maximum atomic E-state index is 12.0. The molecular formula is C20H25NO3. The normalized spacial score (nSPS) is 12.0. The average molecular weight is 327 g/mol. The summed E-state index contributed by atoms with van der Waals surface area (Å²) in [6, 6.07) is 15.1. The molecule has 0 saturated heterocycles. The molecule has 0 heterocycles. The summed E-state index contributed by atoms with van der Waals surface area (Å²) in [6.07, 6.45) is -0.305. The van der Waals surface area contributed by atoms with E-state index in [1.54, 1.807) is 0 Å². The minimum Gasteiger partial charge on any atom is -0.491 e. The van der Waals surface area contributed by atoms with Gasteiger partial charge in [0.25, 0.3) is 0 Å². The molecule has 2 aromatic carbocycles. The Morgan fingerprint density at radius 2 is 1.79 bits per heavy atom. The SMILES string of the molecule is Cc1ccccc1CC(=O)NCC(O)c1ccc(OC(C)C)cc1. The Labute approximate surface area is 143 Å². The van der Waals surface area contributed by atoms with Crippen molar-refractivity contribution in [3.63, 3.8) is 0 Å². The largest absolute Gasteiger partial charge is 0.491 e. The van der Waals surface area contributed by atoms with Crippen LogP contribution in [0, 0.1) is 6.92 Å². The molecule has 0 aromatic heterocycles. The van der Waals surface area contributed by atoms with Crippen LogP contribution in [0.15, 0.2) is 48.5 Å². The molecule has 1 amide bonds. The number of carbonyl (C=O) groups is 1. The third kappa shape index (κ3) is 5.39. The van der Waals surface area contributed by atoms with Crippen LogP contribution in [-0.2, 0) is 11.2 Å². The molecule has 2 aromatic rings. The second-order valence-corrected chi connectivity index (χ2v) is 6.16. The van der Waals surface area contributed by atoms with Gasteiger partial charge in [0.15, 0.2) is 0 Å². The van der Waals surface area contributed by atoms with E-state index in [2.05, 4.69) is 5.32 Å². The fraction of sp³-hybridized carbons (Fsp3) is 0.350. The quantitative estimate of drug-likeness (QED) is 0.821. The Balaban J connectivity index is 1.85. The summed E-state index contributed by atoms with van der Waals surface area (Å²) in [6.45, 7) is 6.10. The molecule has 0 bridgehead atoms. The highest BCUT2D eigenvalue weighted by atomic mass is 16.5. The minimum atomic E-state index is -0.737. The summed E-state index contributed by atoms with van der Waals surface area (Å²) in [4.78, 5) is 12.0. The van der Waals surface area contributed by atoms with Crippen LogP contribution in [0.5, 0.6) is 5.75 Å². The van der Waals surface area contributed by atoms with Crippen LogP contribution in [0.2, 0.25) is 0 Å². The van der Waals surface area contributed by atoms with Gasteiger partial charge in [-0.3, -0.25) is 4.79 Å². The lowest BCUT2D eigenvalue weighted by Gasteiger charge is -2.14. The van der Waals surface area contributed by atoms with Crippen molar-refractivity contribution >= 4 is 5.91 Å². The Morgan fingerprint density at radius 3 is 2.42 bits per heavy atom. The first-order chi connectivity index (χ1) is 11.5. The number of aliphatic hydroxyl groups is 1. The Kier molecular flexibility index (Phi) is 6.38. The van der Waals surface area contributed by atoms with Crippen molar-refractivity contribution in [2.45, 2.75) is 39.4 Å². The number of aryl methyl sites for hydroxylation is 1. The van der Waals surface area contributed by atoms with Crippen LogP contribution in [0.4, 0.5) is 0 Å². The molecule has 0 aliphatic heterocycles. The lowest BCUT2D eigenvalue weighted by atomic mass is 10.1. The highest BCUT2D eigenvalue weighted by Gasteiger charge is 2.11. The number of carbonyl (C=O) groups excluding carboxylic acids is 1. The fourth-order valence-corrected chi connectivity index (χ4v) is 2.41. The molecule has 4 nitrogen and oxygen atoms in total. The summed E-state index contributed by atoms with van der Waals surface area (Å²) >= 11 is 0. The summed E-state index contributed by atoms with van der Waals surface area (Å²) < 4.78 is 5.57. The van der Waals surface area contributed by atoms with E-state index < -0.39 is 6.10 Å². The smallest absolute Gasteiger partial charge is 0.224 e. The zero-order valence-electron chi connectivity index (χ0n) is 14.5. The molecule has 0 radical (unpaired) electrons. The van der Waals surface area contributed by atoms with Gasteiger partial charge in [-0.2, -0.15) is 0 Å². The van der Waals surface area contributed by atoms with E-state index in [1.165, 1.54) is 0 Å². The topological polar surface area (TPSA) is 58.6 Å². The van der Waals surface area contributed by atoms with Gasteiger partial charge in [0.05, 0.1) is 18.6 Å². The van der Waals surface area contributed by atoms with Crippen molar-refractivity contribution in [3.05, 3.63) is 65.2 Å². The molecule has 2 N–H and O–H groups in total. The molecule has 0 aliphatic rings. The highest BCUT2D eigenvalue weighted by molar-refractivity contribution is 5.78. The van der Waals surface area contributed by atoms with Gasteiger partial charge in [-0.25, -0.2) is 0 Å². The van der Waals surface area contributed by atoms with E-state index in [9.17, 15) is 9.90 Å². The molecule has 128 valence electrons. The number of benzene rings is 2. The second kappa shape index (κ2) is 8.50. The van der Waals surface area contributed by atoms with Crippen molar-refractivity contribution in [2.75, 3.05) is 6.54 Å². The van der Waals surface area contributed by atoms with E-state index in [1.807, 2.05) is 69.3 Å². The van der Waals surface area contributed by atoms with Crippen molar-refractivity contribution in [2.24, 2.45) is 0 Å². The monoisotopic (exact) mass is 327 g/mol. The number of aliphatic hydroxyl groups excluding tert-OH is 1. The highest BCUT2D eigenvalue weighted by Crippen LogP contribution is 2.18. The molecule has 2 rings (SSSR count). The van der Waals surface area contributed by atoms with E-state index in [4.69, 9.17) is 4.74 Å². The first kappa shape index (κ1) is 18.0. The third-order valence-corrected chi connectivity index (χ3v) is 3.74. The number of rotatable bonds is 7. The third-order valence-electron chi connectivity index (χ3n) is 3.74. The summed E-state index contributed by atoms with van der Waals surface area (Å²) in [7, 11) is 0. The number of hydrogen-bond donors (Lipinski definition) is 2. The van der Waals surface area contributed by atoms with Crippen molar-refractivity contribution in [3.8, 4) is 5.75 Å². The number of nitrogens with one attached hydrogen (secondary N) is 1. The zero-order valence-corrected chi connectivity index (χ0v) is 14.5. The van der Waals surface area contributed by atoms with Crippen molar-refractivity contribution in [1.82, 2.24) is 5.32 Å². The van der Waals surface area contributed by atoms with Gasteiger partial charge >= 0.3 is 0 Å². The molecule has 0 spiro atoms. The maximum Gasteiger partial charge on any atom is 0.224 e. The molecule has 1 unspecified atom stereocenters. The van der Waals surface area contributed by atoms with Crippen LogP contribution >= 0.6 is 0 Å². The van der Waals surface area contributed by atoms with Crippen LogP contribution in [0.25, 0.3) is 0 Å². The molecule has 1 atom stereocenters. The van der Waals surface area contributed by atoms with Crippen LogP contribution < -0.4 is 10.1 Å². The minimum absolute atomic E-state index is 0.0943. The number of hydrogen-bond acceptors (Lipinski definition) is 3. The Hall–Kier alpha value is -2.33. The first-order valence-electron chi connectivity index (χ1n) is 8.21. The number of ether oxygens (including phenoxy) is 1. The van der Waals surface area contributed by atoms with Gasteiger partial charge in [-0.05, 0) is 49.6 Å². The standard InChI is InChI=1S/C20H25NO3/c1-14(2)24-18-10-8-16(9-11-18)19(22)13-21-20(23)12-17-7-5-4-6-15(17)3/h4-11,14,19,22H,12-13H2,1-3H3,(H,21,23). The molecule has 0 fully saturated rings. The van der Waals surface area contributed by atoms with Gasteiger partial charge in [0.1, 0.15) is 5.75 Å². The van der Waals surface area contributed by atoms with Crippen LogP contribution in [0.1, 0.15) is 36.6 Å². The summed E-state index contributed by atoms with van der Waals surface area (Å²) in [5.74, 6) is 0.674. The molecule has 0 saturated carbocycles. The first-order valence-corrected chi connectivity index (χ1v) is 8.21. The number of amides is 1. The summed E-state index contributed by atoms with van der Waals surface area (Å²) in [5, 5.41) is 13.0. The van der Waals surface area contributed by atoms with Gasteiger partial charge in [-0.1, -0.05) is 36.4 Å². The van der Waals surface area contributed by atoms with E-state index in [0.717, 1.165) is 22.4 Å². The summed E-state index contributed by atoms with van der Waals surface area (Å²) in [5.41, 5.74) is 2.84. The van der Waals surface area contributed by atoms with Crippen LogP contribution in [-0.4, -0.2) is 23.7 Å². The average Bonchev–Trinajstić information content (AvgIpc) is 2.55. The van der Waals surface area contributed by atoms with Gasteiger partial charge < -0.3 is 15.2 Å². The van der Waals surface area contributed by atoms with Gasteiger partial charge in [0, 0.05) is 6.54 Å².